The van der Waals surface area contributed by atoms with E-state index < -0.39 is 24.5 Å². The number of imidazole rings is 1. The van der Waals surface area contributed by atoms with Gasteiger partial charge in [-0.15, -0.1) is 11.3 Å². The third-order valence-corrected chi connectivity index (χ3v) is 5.17. The van der Waals surface area contributed by atoms with Crippen molar-refractivity contribution in [2.75, 3.05) is 20.6 Å². The molecule has 0 spiro atoms. The maximum Gasteiger partial charge on any atom is 0.449 e. The molecular formula is C18H19F3N4OS. The normalized spacial score (nSPS) is 13.3. The van der Waals surface area contributed by atoms with Gasteiger partial charge < -0.3 is 14.8 Å². The monoisotopic (exact) mass is 396 g/mol. The quantitative estimate of drug-likeness (QED) is 0.694. The molecule has 0 radical (unpaired) electrons. The van der Waals surface area contributed by atoms with Crippen LogP contribution in [0.5, 0.6) is 0 Å². The van der Waals surface area contributed by atoms with Gasteiger partial charge in [0.15, 0.2) is 0 Å². The average Bonchev–Trinajstić information content (AvgIpc) is 3.23. The predicted molar refractivity (Wildman–Crippen MR) is 98.5 cm³/mol. The van der Waals surface area contributed by atoms with E-state index in [0.717, 1.165) is 9.44 Å². The van der Waals surface area contributed by atoms with Crippen LogP contribution in [0.4, 0.5) is 13.2 Å². The second-order valence-corrected chi connectivity index (χ2v) is 7.29. The van der Waals surface area contributed by atoms with Crippen LogP contribution < -0.4 is 5.32 Å². The number of carbonyl (C=O) groups excluding carboxylic acids is 1. The van der Waals surface area contributed by atoms with Gasteiger partial charge in [-0.2, -0.15) is 13.2 Å². The van der Waals surface area contributed by atoms with Gasteiger partial charge in [0, 0.05) is 11.4 Å². The van der Waals surface area contributed by atoms with Crippen LogP contribution in [0.1, 0.15) is 16.7 Å². The summed E-state index contributed by atoms with van der Waals surface area (Å²) in [6.07, 6.45) is -4.64. The molecule has 1 atom stereocenters. The fourth-order valence-electron chi connectivity index (χ4n) is 2.88. The Morgan fingerprint density at radius 3 is 2.63 bits per heavy atom. The lowest BCUT2D eigenvalue weighted by Gasteiger charge is -2.23. The number of likely N-dealkylation sites (N-methyl/N-ethyl adjacent to an activating group) is 1. The van der Waals surface area contributed by atoms with Crippen LogP contribution in [0.3, 0.4) is 0 Å². The summed E-state index contributed by atoms with van der Waals surface area (Å²) >= 11 is 1.57. The number of alkyl halides is 3. The Morgan fingerprint density at radius 2 is 2.00 bits per heavy atom. The summed E-state index contributed by atoms with van der Waals surface area (Å²) in [5.41, 5.74) is 0.491. The topological polar surface area (TPSA) is 50.2 Å². The number of carbonyl (C=O) groups is 1. The minimum atomic E-state index is -4.64. The molecule has 0 unspecified atom stereocenters. The summed E-state index contributed by atoms with van der Waals surface area (Å²) in [4.78, 5) is 19.1. The van der Waals surface area contributed by atoms with Crippen molar-refractivity contribution < 1.29 is 18.0 Å². The van der Waals surface area contributed by atoms with Crippen LogP contribution in [-0.2, 0) is 17.5 Å². The standard InChI is InChI=1S/C18H19F3N4OS/c1-24(2)14(15-8-5-9-27-15)10-22-16(26)11-25-13-7-4-3-6-12(13)23-17(25)18(19,20)21/h3-9,14H,10-11H2,1-2H3,(H,22,26)/t14-/m1/s1. The van der Waals surface area contributed by atoms with Crippen molar-refractivity contribution in [3.05, 3.63) is 52.5 Å². The van der Waals surface area contributed by atoms with E-state index in [1.54, 1.807) is 23.5 Å². The fourth-order valence-corrected chi connectivity index (χ4v) is 3.80. The molecule has 2 heterocycles. The summed E-state index contributed by atoms with van der Waals surface area (Å²) in [7, 11) is 3.78. The minimum absolute atomic E-state index is 0.0458. The van der Waals surface area contributed by atoms with E-state index in [-0.39, 0.29) is 17.1 Å². The number of thiophene rings is 1. The highest BCUT2D eigenvalue weighted by molar-refractivity contribution is 7.10. The molecule has 3 aromatic rings. The fraction of sp³-hybridized carbons (Fsp3) is 0.333. The lowest BCUT2D eigenvalue weighted by Crippen LogP contribution is -2.36. The van der Waals surface area contributed by atoms with E-state index in [9.17, 15) is 18.0 Å². The number of rotatable bonds is 6. The molecule has 1 N–H and O–H groups in total. The number of hydrogen-bond acceptors (Lipinski definition) is 4. The van der Waals surface area contributed by atoms with Crippen molar-refractivity contribution in [2.24, 2.45) is 0 Å². The smallest absolute Gasteiger partial charge is 0.353 e. The van der Waals surface area contributed by atoms with E-state index >= 15 is 0 Å². The van der Waals surface area contributed by atoms with Crippen molar-refractivity contribution in [1.82, 2.24) is 19.8 Å². The van der Waals surface area contributed by atoms with E-state index in [1.165, 1.54) is 12.1 Å². The number of nitrogens with zero attached hydrogens (tertiary/aromatic N) is 3. The van der Waals surface area contributed by atoms with E-state index in [0.29, 0.717) is 6.54 Å². The Labute approximate surface area is 158 Å². The second-order valence-electron chi connectivity index (χ2n) is 6.31. The van der Waals surface area contributed by atoms with Gasteiger partial charge in [0.2, 0.25) is 11.7 Å². The third-order valence-electron chi connectivity index (χ3n) is 4.20. The zero-order valence-electron chi connectivity index (χ0n) is 14.8. The molecule has 3 rings (SSSR count). The molecule has 0 saturated carbocycles. The van der Waals surface area contributed by atoms with Crippen molar-refractivity contribution in [1.29, 1.82) is 0 Å². The third kappa shape index (κ3) is 4.30. The van der Waals surface area contributed by atoms with Crippen LogP contribution in [0.25, 0.3) is 11.0 Å². The van der Waals surface area contributed by atoms with Gasteiger partial charge in [-0.3, -0.25) is 4.79 Å². The molecule has 0 aliphatic heterocycles. The Balaban J connectivity index is 1.78. The van der Waals surface area contributed by atoms with E-state index in [4.69, 9.17) is 0 Å². The zero-order valence-corrected chi connectivity index (χ0v) is 15.6. The highest BCUT2D eigenvalue weighted by Crippen LogP contribution is 2.31. The van der Waals surface area contributed by atoms with Crippen molar-refractivity contribution in [2.45, 2.75) is 18.8 Å². The van der Waals surface area contributed by atoms with Crippen LogP contribution in [0, 0.1) is 0 Å². The van der Waals surface area contributed by atoms with Crippen molar-refractivity contribution >= 4 is 28.3 Å². The first-order valence-corrected chi connectivity index (χ1v) is 9.14. The molecule has 144 valence electrons. The summed E-state index contributed by atoms with van der Waals surface area (Å²) in [5.74, 6) is -1.56. The maximum absolute atomic E-state index is 13.3. The molecule has 0 aliphatic rings. The molecule has 0 aliphatic carbocycles. The molecule has 1 aromatic carbocycles. The summed E-state index contributed by atoms with van der Waals surface area (Å²) in [6, 6.07) is 10.1. The molecule has 0 saturated heterocycles. The number of aromatic nitrogens is 2. The van der Waals surface area contributed by atoms with Crippen molar-refractivity contribution in [3.8, 4) is 0 Å². The first-order valence-electron chi connectivity index (χ1n) is 8.26. The highest BCUT2D eigenvalue weighted by Gasteiger charge is 2.38. The Bertz CT molecular complexity index is 918. The van der Waals surface area contributed by atoms with Crippen LogP contribution in [-0.4, -0.2) is 41.0 Å². The molecule has 0 bridgehead atoms. The van der Waals surface area contributed by atoms with E-state index in [1.807, 2.05) is 36.5 Å². The molecule has 27 heavy (non-hydrogen) atoms. The van der Waals surface area contributed by atoms with Gasteiger partial charge in [0.25, 0.3) is 0 Å². The molecule has 5 nitrogen and oxygen atoms in total. The highest BCUT2D eigenvalue weighted by atomic mass is 32.1. The summed E-state index contributed by atoms with van der Waals surface area (Å²) in [5, 5.41) is 4.69. The van der Waals surface area contributed by atoms with Crippen LogP contribution in [0.2, 0.25) is 0 Å². The number of benzene rings is 1. The predicted octanol–water partition coefficient (Wildman–Crippen LogP) is 3.54. The lowest BCUT2D eigenvalue weighted by molar-refractivity contribution is -0.147. The SMILES string of the molecule is CN(C)[C@H](CNC(=O)Cn1c(C(F)(F)F)nc2ccccc21)c1cccs1. The number of halogens is 3. The molecule has 9 heteroatoms. The molecule has 1 amide bonds. The zero-order chi connectivity index (χ0) is 19.6. The van der Waals surface area contributed by atoms with Crippen molar-refractivity contribution in [3.63, 3.8) is 0 Å². The van der Waals surface area contributed by atoms with Gasteiger partial charge in [-0.1, -0.05) is 18.2 Å². The summed E-state index contributed by atoms with van der Waals surface area (Å²) in [6.45, 7) is -0.139. The second kappa shape index (κ2) is 7.69. The summed E-state index contributed by atoms with van der Waals surface area (Å²) < 4.78 is 40.9. The van der Waals surface area contributed by atoms with Crippen LogP contribution in [0.15, 0.2) is 41.8 Å². The first-order chi connectivity index (χ1) is 12.8. The van der Waals surface area contributed by atoms with Gasteiger partial charge in [0.1, 0.15) is 6.54 Å². The van der Waals surface area contributed by atoms with E-state index in [2.05, 4.69) is 10.3 Å². The number of fused-ring (bicyclic) bond motifs is 1. The largest absolute Gasteiger partial charge is 0.449 e. The maximum atomic E-state index is 13.3. The van der Waals surface area contributed by atoms with Gasteiger partial charge in [0.05, 0.1) is 17.1 Å². The van der Waals surface area contributed by atoms with Gasteiger partial charge >= 0.3 is 6.18 Å². The Hall–Kier alpha value is -2.39. The van der Waals surface area contributed by atoms with Crippen LogP contribution >= 0.6 is 11.3 Å². The lowest BCUT2D eigenvalue weighted by atomic mass is 10.2. The average molecular weight is 396 g/mol. The molecule has 2 aromatic heterocycles. The molecule has 0 fully saturated rings. The molecular weight excluding hydrogens is 377 g/mol. The number of hydrogen-bond donors (Lipinski definition) is 1. The van der Waals surface area contributed by atoms with Gasteiger partial charge in [-0.05, 0) is 37.7 Å². The number of para-hydroxylation sites is 2. The number of amides is 1. The number of nitrogens with one attached hydrogen (secondary N) is 1. The minimum Gasteiger partial charge on any atom is -0.353 e. The van der Waals surface area contributed by atoms with Gasteiger partial charge in [-0.25, -0.2) is 4.98 Å². The Morgan fingerprint density at radius 1 is 1.26 bits per heavy atom. The first kappa shape index (κ1) is 19.4. The Kier molecular flexibility index (Phi) is 5.52.